The van der Waals surface area contributed by atoms with Crippen molar-refractivity contribution in [1.82, 2.24) is 30.8 Å². The van der Waals surface area contributed by atoms with Crippen molar-refractivity contribution in [2.24, 2.45) is 10.8 Å². The van der Waals surface area contributed by atoms with E-state index in [1.54, 1.807) is 26.8 Å². The quantitative estimate of drug-likeness (QED) is 0.0110. The normalized spacial score (nSPS) is 13.2. The van der Waals surface area contributed by atoms with Gasteiger partial charge >= 0.3 is 28.8 Å². The second-order valence-electron chi connectivity index (χ2n) is 25.3. The van der Waals surface area contributed by atoms with E-state index in [1.165, 1.54) is 49.5 Å². The number of pyridine rings is 2. The summed E-state index contributed by atoms with van der Waals surface area (Å²) in [6.07, 6.45) is -0.0440. The van der Waals surface area contributed by atoms with Crippen LogP contribution in [0.3, 0.4) is 0 Å². The molecule has 28 heteroatoms. The zero-order chi connectivity index (χ0) is 69.3. The molecular weight excluding hydrogens is 1240 g/mol. The van der Waals surface area contributed by atoms with Crippen LogP contribution < -0.4 is 25.6 Å². The maximum Gasteiger partial charge on any atom is 0.534 e. The molecule has 4 aromatic carbocycles. The summed E-state index contributed by atoms with van der Waals surface area (Å²) in [5.74, 6) is -6.10. The average molecular weight is 1320 g/mol. The third kappa shape index (κ3) is 27.3. The van der Waals surface area contributed by atoms with Gasteiger partial charge in [0.1, 0.15) is 34.6 Å². The second-order valence-corrected chi connectivity index (χ2v) is 26.8. The maximum absolute atomic E-state index is 13.8. The number of hydrogen-bond donors (Lipinski definition) is 7. The first kappa shape index (κ1) is 76.8. The Morgan fingerprint density at radius 1 is 0.609 bits per heavy atom. The van der Waals surface area contributed by atoms with E-state index in [0.29, 0.717) is 30.2 Å². The second kappa shape index (κ2) is 33.3. The largest absolute Gasteiger partial charge is 0.534 e. The first-order valence-electron chi connectivity index (χ1n) is 28.8. The highest BCUT2D eigenvalue weighted by atomic mass is 32.2. The highest BCUT2D eigenvalue weighted by molar-refractivity contribution is 7.88. The van der Waals surface area contributed by atoms with Crippen LogP contribution in [-0.2, 0) is 63.2 Å². The molecule has 502 valence electrons. The minimum absolute atomic E-state index is 0.0602. The molecule has 6 rings (SSSR count). The smallest absolute Gasteiger partial charge is 0.444 e. The Hall–Kier alpha value is -7.63. The van der Waals surface area contributed by atoms with Crippen LogP contribution in [0.5, 0.6) is 5.75 Å². The first-order chi connectivity index (χ1) is 42.4. The lowest BCUT2D eigenvalue weighted by molar-refractivity contribution is -0.121. The Labute approximate surface area is 530 Å². The summed E-state index contributed by atoms with van der Waals surface area (Å²) < 4.78 is 154. The molecule has 0 aliphatic rings. The summed E-state index contributed by atoms with van der Waals surface area (Å²) >= 11 is 0. The van der Waals surface area contributed by atoms with E-state index in [0.717, 1.165) is 77.0 Å². The predicted octanol–water partition coefficient (Wildman–Crippen LogP) is 9.48. The number of halogens is 9. The highest BCUT2D eigenvalue weighted by Gasteiger charge is 2.49. The predicted molar refractivity (Wildman–Crippen MR) is 328 cm³/mol. The fraction of sp³-hybridized carbons (Fsp3) is 0.422. The Morgan fingerprint density at radius 3 is 1.50 bits per heavy atom. The summed E-state index contributed by atoms with van der Waals surface area (Å²) in [6.45, 7) is 18.6. The number of carbonyl (C=O) groups excluding carboxylic acids is 3. The van der Waals surface area contributed by atoms with Crippen molar-refractivity contribution in [3.05, 3.63) is 178 Å². The lowest BCUT2D eigenvalue weighted by Gasteiger charge is -2.32. The first-order valence-corrected chi connectivity index (χ1v) is 30.2. The van der Waals surface area contributed by atoms with Gasteiger partial charge in [-0.25, -0.2) is 32.3 Å². The van der Waals surface area contributed by atoms with Crippen LogP contribution in [0.15, 0.2) is 109 Å². The van der Waals surface area contributed by atoms with Crippen LogP contribution >= 0.6 is 0 Å². The SMILES string of the molecule is CC(=O)N[C@@H](Cc1cc(F)cc(F)c1)[C@H](O)CN(Cc1cc(CC(C)(C)C)ccc1OS(=O)(=O)C(F)(F)F)C(=O)OC(C)(C)C.CC(=O)N[C@@H](Cc1cc(F)cc(F)c1)[C@H](O)CNCc1cc(CC(C)(C)C)ccc1-c1ccc(F)nc1.OB(O)c1ccc(F)nc1. The molecule has 0 aliphatic carbocycles. The van der Waals surface area contributed by atoms with Gasteiger partial charge in [-0.15, -0.1) is 0 Å². The topological polar surface area (TPSA) is 250 Å². The van der Waals surface area contributed by atoms with Gasteiger partial charge in [0.2, 0.25) is 23.7 Å². The molecule has 0 saturated carbocycles. The van der Waals surface area contributed by atoms with E-state index < -0.39 is 119 Å². The molecule has 0 unspecified atom stereocenters. The number of ether oxygens (including phenoxy) is 1. The van der Waals surface area contributed by atoms with Gasteiger partial charge in [0.05, 0.1) is 37.4 Å². The van der Waals surface area contributed by atoms with Gasteiger partial charge in [0, 0.05) is 68.1 Å². The number of aliphatic hydroxyl groups excluding tert-OH is 2. The molecule has 6 aromatic rings. The monoisotopic (exact) mass is 1320 g/mol. The van der Waals surface area contributed by atoms with Crippen molar-refractivity contribution in [2.75, 3.05) is 13.1 Å². The lowest BCUT2D eigenvalue weighted by Crippen LogP contribution is -2.50. The van der Waals surface area contributed by atoms with Crippen LogP contribution in [0.1, 0.15) is 110 Å². The van der Waals surface area contributed by atoms with E-state index in [4.69, 9.17) is 14.8 Å². The zero-order valence-electron chi connectivity index (χ0n) is 52.7. The highest BCUT2D eigenvalue weighted by Crippen LogP contribution is 2.33. The van der Waals surface area contributed by atoms with E-state index in [1.807, 2.05) is 32.9 Å². The van der Waals surface area contributed by atoms with Gasteiger partial charge in [-0.3, -0.25) is 9.59 Å². The van der Waals surface area contributed by atoms with Crippen LogP contribution in [-0.4, -0.2) is 117 Å². The molecule has 3 amide bonds. The Balaban J connectivity index is 0.000000344. The van der Waals surface area contributed by atoms with Crippen molar-refractivity contribution in [3.63, 3.8) is 0 Å². The maximum atomic E-state index is 13.8. The number of rotatable bonds is 22. The number of carbonyl (C=O) groups is 3. The van der Waals surface area contributed by atoms with Crippen molar-refractivity contribution < 1.29 is 91.5 Å². The molecule has 17 nitrogen and oxygen atoms in total. The van der Waals surface area contributed by atoms with Gasteiger partial charge in [-0.05, 0) is 139 Å². The van der Waals surface area contributed by atoms with E-state index >= 15 is 0 Å². The van der Waals surface area contributed by atoms with Crippen molar-refractivity contribution in [3.8, 4) is 16.9 Å². The standard InChI is InChI=1S/C30H39F5N2O7S.C29H34F3N3O2.C5H5BFNO2/c1-18(38)36-24(13-20-11-22(31)14-23(32)12-20)25(39)17-37(27(40)43-29(5,6)7)16-21-10-19(15-28(2,3)4)8-9-26(21)44-45(41,42)30(33,34)35;1-18(36)35-26(12-20-10-23(30)13-24(31)11-20)27(37)17-33-15-22-9-19(14-29(2,3)4)5-7-25(22)21-6-8-28(32)34-16-21;7-5-2-1-4(3-8-5)6(9)10/h8-12,14,24-25,39H,13,15-17H2,1-7H3,(H,36,38);5-11,13,16,26-27,33,37H,12,14-15,17H2,1-4H3,(H,35,36);1-3,9-10H/t24-,25+;26-,27+;/m00./s1. The third-order valence-corrected chi connectivity index (χ3v) is 13.9. The molecule has 92 heavy (non-hydrogen) atoms. The minimum Gasteiger partial charge on any atom is -0.444 e. The summed E-state index contributed by atoms with van der Waals surface area (Å²) in [4.78, 5) is 44.9. The van der Waals surface area contributed by atoms with Crippen LogP contribution in [0.2, 0.25) is 0 Å². The number of aliphatic hydroxyl groups is 2. The molecule has 4 atom stereocenters. The van der Waals surface area contributed by atoms with Crippen molar-refractivity contribution >= 4 is 40.6 Å². The summed E-state index contributed by atoms with van der Waals surface area (Å²) in [5.41, 5.74) is -2.22. The molecule has 2 heterocycles. The van der Waals surface area contributed by atoms with Gasteiger partial charge in [0.25, 0.3) is 0 Å². The molecule has 0 saturated heterocycles. The Morgan fingerprint density at radius 2 is 1.08 bits per heavy atom. The number of amides is 3. The zero-order valence-corrected chi connectivity index (χ0v) is 53.6. The van der Waals surface area contributed by atoms with E-state index in [9.17, 15) is 72.5 Å². The molecule has 0 spiro atoms. The number of nitrogens with one attached hydrogen (secondary N) is 3. The van der Waals surface area contributed by atoms with Gasteiger partial charge < -0.3 is 50.0 Å². The molecule has 0 fully saturated rings. The fourth-order valence-electron chi connectivity index (χ4n) is 9.24. The van der Waals surface area contributed by atoms with Crippen LogP contribution in [0.4, 0.5) is 44.3 Å². The lowest BCUT2D eigenvalue weighted by atomic mass is 9.82. The fourth-order valence-corrected chi connectivity index (χ4v) is 9.73. The van der Waals surface area contributed by atoms with Crippen molar-refractivity contribution in [1.29, 1.82) is 0 Å². The van der Waals surface area contributed by atoms with Gasteiger partial charge in [0.15, 0.2) is 0 Å². The van der Waals surface area contributed by atoms with Crippen LogP contribution in [0, 0.1) is 46.0 Å². The Kier molecular flexibility index (Phi) is 27.8. The number of alkyl halides is 3. The number of hydrogen-bond acceptors (Lipinski definition) is 14. The van der Waals surface area contributed by atoms with E-state index in [-0.39, 0.29) is 52.7 Å². The molecule has 7 N–H and O–H groups in total. The van der Waals surface area contributed by atoms with Crippen molar-refractivity contribution in [2.45, 2.75) is 150 Å². The van der Waals surface area contributed by atoms with Gasteiger partial charge in [-0.1, -0.05) is 77.9 Å². The summed E-state index contributed by atoms with van der Waals surface area (Å²) in [6, 6.07) is 19.1. The molecule has 0 bridgehead atoms. The minimum atomic E-state index is -6.09. The molecule has 0 aliphatic heterocycles. The van der Waals surface area contributed by atoms with Gasteiger partial charge in [-0.2, -0.15) is 30.4 Å². The summed E-state index contributed by atoms with van der Waals surface area (Å²) in [5, 5.41) is 47.4. The molecule has 0 radical (unpaired) electrons. The number of nitrogens with zero attached hydrogens (tertiary/aromatic N) is 3. The van der Waals surface area contributed by atoms with Crippen LogP contribution in [0.25, 0.3) is 11.1 Å². The van der Waals surface area contributed by atoms with E-state index in [2.05, 4.69) is 56.9 Å². The number of aromatic nitrogens is 2. The third-order valence-electron chi connectivity index (χ3n) is 12.9. The summed E-state index contributed by atoms with van der Waals surface area (Å²) in [7, 11) is -7.67. The Bertz CT molecular complexity index is 3500. The molecule has 2 aromatic heterocycles. The average Bonchev–Trinajstić information content (AvgIpc) is 0.825. The molecular formula is C64H78BF9N6O11S. The number of benzene rings is 4.